The third-order valence-electron chi connectivity index (χ3n) is 3.01. The van der Waals surface area contributed by atoms with Crippen molar-refractivity contribution in [2.45, 2.75) is 26.3 Å². The molecule has 0 spiro atoms. The molecule has 1 fully saturated rings. The van der Waals surface area contributed by atoms with Gasteiger partial charge in [0, 0.05) is 17.6 Å². The quantitative estimate of drug-likeness (QED) is 0.644. The molecule has 1 aromatic carbocycles. The lowest BCUT2D eigenvalue weighted by atomic mass is 10.2. The summed E-state index contributed by atoms with van der Waals surface area (Å²) in [5.41, 5.74) is 0.851. The highest BCUT2D eigenvalue weighted by atomic mass is 79.9. The fourth-order valence-corrected chi connectivity index (χ4v) is 2.11. The van der Waals surface area contributed by atoms with Crippen molar-refractivity contribution in [3.05, 3.63) is 34.1 Å². The van der Waals surface area contributed by atoms with Crippen LogP contribution in [-0.4, -0.2) is 19.0 Å². The topological polar surface area (TPSA) is 36.4 Å². The van der Waals surface area contributed by atoms with E-state index in [9.17, 15) is 4.39 Å². The average Bonchev–Trinajstić information content (AvgIpc) is 3.20. The van der Waals surface area contributed by atoms with Gasteiger partial charge in [0.25, 0.3) is 0 Å². The molecule has 0 aromatic heterocycles. The Kier molecular flexibility index (Phi) is 5.19. The first kappa shape index (κ1) is 14.3. The van der Waals surface area contributed by atoms with Gasteiger partial charge in [-0.05, 0) is 49.4 Å². The number of benzene rings is 1. The summed E-state index contributed by atoms with van der Waals surface area (Å²) in [6, 6.07) is 4.66. The van der Waals surface area contributed by atoms with Gasteiger partial charge in [-0.2, -0.15) is 0 Å². The van der Waals surface area contributed by atoms with Gasteiger partial charge in [0.05, 0.1) is 6.54 Å². The number of hydrogen-bond donors (Lipinski definition) is 2. The van der Waals surface area contributed by atoms with Gasteiger partial charge in [-0.25, -0.2) is 9.38 Å². The van der Waals surface area contributed by atoms with E-state index in [4.69, 9.17) is 0 Å². The lowest BCUT2D eigenvalue weighted by Crippen LogP contribution is -2.38. The highest BCUT2D eigenvalue weighted by Crippen LogP contribution is 2.27. The third kappa shape index (κ3) is 4.82. The molecule has 0 heterocycles. The summed E-state index contributed by atoms with van der Waals surface area (Å²) < 4.78 is 14.1. The summed E-state index contributed by atoms with van der Waals surface area (Å²) >= 11 is 3.42. The molecular formula is C14H19BrFN3. The van der Waals surface area contributed by atoms with Gasteiger partial charge in [0.15, 0.2) is 5.96 Å². The molecule has 1 saturated carbocycles. The van der Waals surface area contributed by atoms with Crippen LogP contribution in [0.4, 0.5) is 4.39 Å². The lowest BCUT2D eigenvalue weighted by Gasteiger charge is -2.11. The summed E-state index contributed by atoms with van der Waals surface area (Å²) in [7, 11) is 0. The maximum absolute atomic E-state index is 13.2. The van der Waals surface area contributed by atoms with Crippen molar-refractivity contribution >= 4 is 21.9 Å². The Bertz CT molecular complexity index is 458. The van der Waals surface area contributed by atoms with Gasteiger partial charge in [-0.3, -0.25) is 0 Å². The van der Waals surface area contributed by atoms with E-state index in [0.717, 1.165) is 35.0 Å². The Hall–Kier alpha value is -1.10. The van der Waals surface area contributed by atoms with Crippen LogP contribution in [0.2, 0.25) is 0 Å². The smallest absolute Gasteiger partial charge is 0.191 e. The van der Waals surface area contributed by atoms with Gasteiger partial charge >= 0.3 is 0 Å². The van der Waals surface area contributed by atoms with Gasteiger partial charge in [0.2, 0.25) is 0 Å². The van der Waals surface area contributed by atoms with Gasteiger partial charge < -0.3 is 10.6 Å². The fraction of sp³-hybridized carbons (Fsp3) is 0.500. The molecule has 0 aliphatic heterocycles. The normalized spacial score (nSPS) is 15.4. The number of halogens is 2. The van der Waals surface area contributed by atoms with Crippen molar-refractivity contribution in [2.24, 2.45) is 10.9 Å². The molecule has 0 atom stereocenters. The zero-order valence-electron chi connectivity index (χ0n) is 11.0. The molecule has 0 bridgehead atoms. The average molecular weight is 328 g/mol. The second kappa shape index (κ2) is 6.89. The zero-order chi connectivity index (χ0) is 13.7. The first-order chi connectivity index (χ1) is 9.19. The minimum atomic E-state index is -0.232. The SMILES string of the molecule is CCNC(=NCc1cc(F)ccc1Br)NCC1CC1. The first-order valence-corrected chi connectivity index (χ1v) is 7.44. The molecule has 5 heteroatoms. The van der Waals surface area contributed by atoms with Crippen molar-refractivity contribution in [1.82, 2.24) is 10.6 Å². The summed E-state index contributed by atoms with van der Waals surface area (Å²) in [5.74, 6) is 1.36. The molecule has 2 rings (SSSR count). The summed E-state index contributed by atoms with van der Waals surface area (Å²) in [4.78, 5) is 4.48. The molecule has 0 saturated heterocycles. The van der Waals surface area contributed by atoms with Crippen LogP contribution in [0.25, 0.3) is 0 Å². The van der Waals surface area contributed by atoms with Crippen LogP contribution in [0.15, 0.2) is 27.7 Å². The maximum atomic E-state index is 13.2. The molecule has 3 nitrogen and oxygen atoms in total. The van der Waals surface area contributed by atoms with E-state index in [2.05, 4.69) is 31.6 Å². The van der Waals surface area contributed by atoms with Gasteiger partial charge in [0.1, 0.15) is 5.82 Å². The Morgan fingerprint density at radius 1 is 1.42 bits per heavy atom. The fourth-order valence-electron chi connectivity index (χ4n) is 1.73. The zero-order valence-corrected chi connectivity index (χ0v) is 12.6. The van der Waals surface area contributed by atoms with E-state index >= 15 is 0 Å². The highest BCUT2D eigenvalue weighted by Gasteiger charge is 2.21. The number of rotatable bonds is 5. The number of nitrogens with zero attached hydrogens (tertiary/aromatic N) is 1. The summed E-state index contributed by atoms with van der Waals surface area (Å²) in [6.07, 6.45) is 2.61. The molecule has 0 amide bonds. The lowest BCUT2D eigenvalue weighted by molar-refractivity contribution is 0.625. The first-order valence-electron chi connectivity index (χ1n) is 6.65. The second-order valence-electron chi connectivity index (χ2n) is 4.76. The number of nitrogens with one attached hydrogen (secondary N) is 2. The van der Waals surface area contributed by atoms with E-state index in [1.165, 1.54) is 25.0 Å². The largest absolute Gasteiger partial charge is 0.357 e. The predicted molar refractivity (Wildman–Crippen MR) is 79.6 cm³/mol. The highest BCUT2D eigenvalue weighted by molar-refractivity contribution is 9.10. The molecule has 0 radical (unpaired) electrons. The van der Waals surface area contributed by atoms with Crippen molar-refractivity contribution in [3.63, 3.8) is 0 Å². The molecule has 104 valence electrons. The minimum absolute atomic E-state index is 0.232. The number of guanidine groups is 1. The van der Waals surface area contributed by atoms with E-state index in [1.807, 2.05) is 6.92 Å². The molecular weight excluding hydrogens is 309 g/mol. The monoisotopic (exact) mass is 327 g/mol. The maximum Gasteiger partial charge on any atom is 0.191 e. The van der Waals surface area contributed by atoms with Crippen LogP contribution in [0.3, 0.4) is 0 Å². The molecule has 19 heavy (non-hydrogen) atoms. The van der Waals surface area contributed by atoms with E-state index in [-0.39, 0.29) is 5.82 Å². The van der Waals surface area contributed by atoms with Crippen molar-refractivity contribution in [1.29, 1.82) is 0 Å². The molecule has 1 aliphatic carbocycles. The summed E-state index contributed by atoms with van der Waals surface area (Å²) in [5, 5.41) is 6.52. The molecule has 0 unspecified atom stereocenters. The Balaban J connectivity index is 1.96. The molecule has 1 aliphatic rings. The van der Waals surface area contributed by atoms with Crippen LogP contribution in [-0.2, 0) is 6.54 Å². The van der Waals surface area contributed by atoms with Crippen molar-refractivity contribution in [3.8, 4) is 0 Å². The van der Waals surface area contributed by atoms with Crippen LogP contribution < -0.4 is 10.6 Å². The Labute approximate surface area is 121 Å². The van der Waals surface area contributed by atoms with Gasteiger partial charge in [-0.1, -0.05) is 15.9 Å². The van der Waals surface area contributed by atoms with Crippen molar-refractivity contribution < 1.29 is 4.39 Å². The number of hydrogen-bond acceptors (Lipinski definition) is 1. The standard InChI is InChI=1S/C14H19BrFN3/c1-2-17-14(18-8-10-3-4-10)19-9-11-7-12(16)5-6-13(11)15/h5-7,10H,2-4,8-9H2,1H3,(H2,17,18,19). The van der Waals surface area contributed by atoms with Crippen LogP contribution >= 0.6 is 15.9 Å². The van der Waals surface area contributed by atoms with Crippen molar-refractivity contribution in [2.75, 3.05) is 13.1 Å². The predicted octanol–water partition coefficient (Wildman–Crippen LogP) is 3.05. The van der Waals surface area contributed by atoms with E-state index < -0.39 is 0 Å². The minimum Gasteiger partial charge on any atom is -0.357 e. The molecule has 2 N–H and O–H groups in total. The second-order valence-corrected chi connectivity index (χ2v) is 5.61. The third-order valence-corrected chi connectivity index (χ3v) is 3.79. The Morgan fingerprint density at radius 2 is 2.21 bits per heavy atom. The Morgan fingerprint density at radius 3 is 2.89 bits per heavy atom. The molecule has 1 aromatic rings. The summed E-state index contributed by atoms with van der Waals surface area (Å²) in [6.45, 7) is 4.28. The van der Waals surface area contributed by atoms with Crippen LogP contribution in [0.5, 0.6) is 0 Å². The van der Waals surface area contributed by atoms with Gasteiger partial charge in [-0.15, -0.1) is 0 Å². The number of aliphatic imine (C=N–C) groups is 1. The van der Waals surface area contributed by atoms with Crippen LogP contribution in [0, 0.1) is 11.7 Å². The van der Waals surface area contributed by atoms with E-state index in [0.29, 0.717) is 6.54 Å². The van der Waals surface area contributed by atoms with E-state index in [1.54, 1.807) is 6.07 Å². The van der Waals surface area contributed by atoms with Crippen LogP contribution in [0.1, 0.15) is 25.3 Å².